The molecule has 2 heterocycles. The predicted molar refractivity (Wildman–Crippen MR) is 121 cm³/mol. The molecule has 2 aromatic rings. The highest BCUT2D eigenvalue weighted by Gasteiger charge is 2.24. The summed E-state index contributed by atoms with van der Waals surface area (Å²) in [5, 5.41) is 11.4. The Bertz CT molecular complexity index is 794. The molecule has 1 aliphatic rings. The van der Waals surface area contributed by atoms with Gasteiger partial charge in [0, 0.05) is 50.2 Å². The molecule has 0 spiro atoms. The van der Waals surface area contributed by atoms with Gasteiger partial charge < -0.3 is 20.4 Å². The van der Waals surface area contributed by atoms with Crippen LogP contribution >= 0.6 is 0 Å². The molecule has 2 unspecified atom stereocenters. The lowest BCUT2D eigenvalue weighted by Crippen LogP contribution is -2.45. The van der Waals surface area contributed by atoms with Crippen LogP contribution in [-0.2, 0) is 7.05 Å². The molecule has 0 aliphatic carbocycles. The van der Waals surface area contributed by atoms with Crippen LogP contribution in [0.15, 0.2) is 41.7 Å². The van der Waals surface area contributed by atoms with Crippen molar-refractivity contribution in [1.82, 2.24) is 25.3 Å². The van der Waals surface area contributed by atoms with Crippen molar-refractivity contribution < 1.29 is 0 Å². The monoisotopic (exact) mass is 397 g/mol. The minimum absolute atomic E-state index is 0.201. The number of hydrogen-bond acceptors (Lipinski definition) is 4. The zero-order valence-corrected chi connectivity index (χ0v) is 18.4. The van der Waals surface area contributed by atoms with Crippen molar-refractivity contribution in [3.8, 4) is 0 Å². The van der Waals surface area contributed by atoms with Gasteiger partial charge in [-0.05, 0) is 46.5 Å². The molecule has 1 aliphatic heterocycles. The number of nitrogens with one attached hydrogen (secondary N) is 2. The summed E-state index contributed by atoms with van der Waals surface area (Å²) in [5.41, 5.74) is 3.78. The van der Waals surface area contributed by atoms with Crippen LogP contribution in [0.25, 0.3) is 0 Å². The minimum Gasteiger partial charge on any atom is -0.369 e. The smallest absolute Gasteiger partial charge is 0.191 e. The van der Waals surface area contributed by atoms with Gasteiger partial charge in [0.2, 0.25) is 0 Å². The van der Waals surface area contributed by atoms with Crippen LogP contribution in [0.5, 0.6) is 0 Å². The molecule has 1 aromatic heterocycles. The van der Waals surface area contributed by atoms with E-state index in [2.05, 4.69) is 83.9 Å². The Balaban J connectivity index is 1.62. The highest BCUT2D eigenvalue weighted by atomic mass is 15.3. The molecule has 0 bridgehead atoms. The number of rotatable bonds is 7. The van der Waals surface area contributed by atoms with Crippen molar-refractivity contribution in [3.63, 3.8) is 0 Å². The molecule has 7 heteroatoms. The first-order valence-electron chi connectivity index (χ1n) is 10.5. The third-order valence-corrected chi connectivity index (χ3v) is 5.43. The van der Waals surface area contributed by atoms with Gasteiger partial charge in [-0.3, -0.25) is 9.67 Å². The highest BCUT2D eigenvalue weighted by Crippen LogP contribution is 2.21. The van der Waals surface area contributed by atoms with Crippen molar-refractivity contribution in [2.45, 2.75) is 32.4 Å². The number of nitrogens with zero attached hydrogens (tertiary/aromatic N) is 5. The number of benzene rings is 1. The molecule has 29 heavy (non-hydrogen) atoms. The highest BCUT2D eigenvalue weighted by molar-refractivity contribution is 5.80. The third-order valence-electron chi connectivity index (χ3n) is 5.43. The number of guanidine groups is 1. The molecule has 2 atom stereocenters. The number of anilines is 1. The molecule has 2 N–H and O–H groups in total. The van der Waals surface area contributed by atoms with Crippen LogP contribution in [0.4, 0.5) is 5.69 Å². The lowest BCUT2D eigenvalue weighted by molar-refractivity contribution is 0.306. The molecule has 0 amide bonds. The van der Waals surface area contributed by atoms with Gasteiger partial charge in [0.25, 0.3) is 0 Å². The van der Waals surface area contributed by atoms with E-state index in [1.165, 1.54) is 16.8 Å². The fourth-order valence-corrected chi connectivity index (χ4v) is 3.74. The van der Waals surface area contributed by atoms with Crippen molar-refractivity contribution in [3.05, 3.63) is 47.8 Å². The van der Waals surface area contributed by atoms with E-state index in [-0.39, 0.29) is 6.04 Å². The Morgan fingerprint density at radius 3 is 2.69 bits per heavy atom. The van der Waals surface area contributed by atoms with Gasteiger partial charge in [-0.15, -0.1) is 0 Å². The average Bonchev–Trinajstić information content (AvgIpc) is 3.32. The van der Waals surface area contributed by atoms with Gasteiger partial charge in [-0.1, -0.05) is 17.7 Å². The minimum atomic E-state index is 0.201. The number of hydrogen-bond donors (Lipinski definition) is 2. The Morgan fingerprint density at radius 2 is 2.07 bits per heavy atom. The summed E-state index contributed by atoms with van der Waals surface area (Å²) in [4.78, 5) is 9.53. The summed E-state index contributed by atoms with van der Waals surface area (Å²) < 4.78 is 1.84. The van der Waals surface area contributed by atoms with Crippen molar-refractivity contribution in [1.29, 1.82) is 0 Å². The molecular weight excluding hydrogens is 362 g/mol. The summed E-state index contributed by atoms with van der Waals surface area (Å²) >= 11 is 0. The number of likely N-dealkylation sites (N-methyl/N-ethyl adjacent to an activating group) is 1. The normalized spacial score (nSPS) is 18.3. The largest absolute Gasteiger partial charge is 0.369 e. The molecule has 0 saturated carbocycles. The number of aliphatic imine (C=N–C) groups is 1. The first-order valence-corrected chi connectivity index (χ1v) is 10.5. The maximum absolute atomic E-state index is 4.89. The van der Waals surface area contributed by atoms with Gasteiger partial charge in [-0.2, -0.15) is 5.10 Å². The van der Waals surface area contributed by atoms with Crippen LogP contribution in [-0.4, -0.2) is 67.0 Å². The molecule has 7 nitrogen and oxygen atoms in total. The van der Waals surface area contributed by atoms with Gasteiger partial charge in [0.15, 0.2) is 5.96 Å². The van der Waals surface area contributed by atoms with E-state index in [0.717, 1.165) is 32.0 Å². The molecule has 1 fully saturated rings. The second-order valence-electron chi connectivity index (χ2n) is 8.06. The van der Waals surface area contributed by atoms with Gasteiger partial charge in [0.05, 0.1) is 18.8 Å². The molecule has 0 radical (unpaired) electrons. The zero-order chi connectivity index (χ0) is 20.8. The van der Waals surface area contributed by atoms with Crippen LogP contribution in [0.1, 0.15) is 30.5 Å². The first kappa shape index (κ1) is 21.2. The number of aryl methyl sites for hydroxylation is 2. The lowest BCUT2D eigenvalue weighted by Gasteiger charge is -2.23. The number of aromatic nitrogens is 2. The summed E-state index contributed by atoms with van der Waals surface area (Å²) in [6.45, 7) is 7.82. The fourth-order valence-electron chi connectivity index (χ4n) is 3.74. The summed E-state index contributed by atoms with van der Waals surface area (Å²) in [6, 6.07) is 9.39. The molecule has 3 rings (SSSR count). The topological polar surface area (TPSA) is 60.7 Å². The SMILES string of the molecule is CCNC(=NCC(c1cnn(C)c1)N(C)C)NC1CCN(c2ccc(C)cc2)C1. The fraction of sp³-hybridized carbons (Fsp3) is 0.545. The second kappa shape index (κ2) is 9.78. The predicted octanol–water partition coefficient (Wildman–Crippen LogP) is 2.17. The van der Waals surface area contributed by atoms with E-state index in [9.17, 15) is 0 Å². The maximum Gasteiger partial charge on any atom is 0.191 e. The Kier molecular flexibility index (Phi) is 7.14. The molecule has 158 valence electrons. The van der Waals surface area contributed by atoms with E-state index in [4.69, 9.17) is 4.99 Å². The van der Waals surface area contributed by atoms with Crippen molar-refractivity contribution >= 4 is 11.6 Å². The van der Waals surface area contributed by atoms with Crippen LogP contribution in [0, 0.1) is 6.92 Å². The zero-order valence-electron chi connectivity index (χ0n) is 18.4. The first-order chi connectivity index (χ1) is 14.0. The lowest BCUT2D eigenvalue weighted by atomic mass is 10.1. The Labute approximate surface area is 174 Å². The van der Waals surface area contributed by atoms with Gasteiger partial charge in [0.1, 0.15) is 0 Å². The van der Waals surface area contributed by atoms with Crippen molar-refractivity contribution in [2.75, 3.05) is 45.2 Å². The van der Waals surface area contributed by atoms with Crippen LogP contribution in [0.2, 0.25) is 0 Å². The van der Waals surface area contributed by atoms with E-state index >= 15 is 0 Å². The van der Waals surface area contributed by atoms with E-state index < -0.39 is 0 Å². The third kappa shape index (κ3) is 5.73. The molecule has 1 aromatic carbocycles. The maximum atomic E-state index is 4.89. The van der Waals surface area contributed by atoms with Gasteiger partial charge >= 0.3 is 0 Å². The van der Waals surface area contributed by atoms with Crippen molar-refractivity contribution in [2.24, 2.45) is 12.0 Å². The van der Waals surface area contributed by atoms with E-state index in [0.29, 0.717) is 12.6 Å². The molecule has 1 saturated heterocycles. The van der Waals surface area contributed by atoms with Gasteiger partial charge in [-0.25, -0.2) is 0 Å². The van der Waals surface area contributed by atoms with E-state index in [1.54, 1.807) is 0 Å². The second-order valence-corrected chi connectivity index (χ2v) is 8.06. The average molecular weight is 398 g/mol. The molecular formula is C22H35N7. The Morgan fingerprint density at radius 1 is 1.31 bits per heavy atom. The van der Waals surface area contributed by atoms with E-state index in [1.807, 2.05) is 17.9 Å². The quantitative estimate of drug-likeness (QED) is 0.554. The van der Waals surface area contributed by atoms with Crippen LogP contribution < -0.4 is 15.5 Å². The standard InChI is InChI=1S/C22H35N7/c1-6-23-22(24-14-21(27(3)4)18-13-25-28(5)15-18)26-19-11-12-29(16-19)20-9-7-17(2)8-10-20/h7-10,13,15,19,21H,6,11-12,14,16H2,1-5H3,(H2,23,24,26). The Hall–Kier alpha value is -2.54. The summed E-state index contributed by atoms with van der Waals surface area (Å²) in [7, 11) is 6.12. The van der Waals surface area contributed by atoms with Crippen LogP contribution in [0.3, 0.4) is 0 Å². The summed E-state index contributed by atoms with van der Waals surface area (Å²) in [5.74, 6) is 0.888. The summed E-state index contributed by atoms with van der Waals surface area (Å²) in [6.07, 6.45) is 5.10.